The number of carbonyl (C=O) groups is 1. The molecule has 0 radical (unpaired) electrons. The Balaban J connectivity index is 1.37. The van der Waals surface area contributed by atoms with E-state index in [1.54, 1.807) is 11.3 Å². The first-order valence-electron chi connectivity index (χ1n) is 10.4. The number of aromatic nitrogens is 1. The number of amides is 1. The van der Waals surface area contributed by atoms with Crippen molar-refractivity contribution in [3.63, 3.8) is 0 Å². The van der Waals surface area contributed by atoms with Crippen LogP contribution in [0.3, 0.4) is 0 Å². The molecule has 1 saturated heterocycles. The highest BCUT2D eigenvalue weighted by atomic mass is 32.1. The molecule has 1 fully saturated rings. The standard InChI is InChI=1S/C22H29N3O3S/c1-4-27-21-10-17-9-14(2)28-20(17)11-19(21)24-22(26)16-5-7-25(8-6-16)12-18-13-29-15(3)23-18/h10-11,13-14,16H,4-9,12H2,1-3H3,(H,24,26). The van der Waals surface area contributed by atoms with Crippen LogP contribution in [0.2, 0.25) is 0 Å². The van der Waals surface area contributed by atoms with Crippen LogP contribution in [0.5, 0.6) is 11.5 Å². The number of ether oxygens (including phenoxy) is 2. The molecule has 7 heteroatoms. The number of rotatable bonds is 6. The van der Waals surface area contributed by atoms with Crippen LogP contribution in [-0.4, -0.2) is 41.6 Å². The van der Waals surface area contributed by atoms with Gasteiger partial charge >= 0.3 is 0 Å². The Morgan fingerprint density at radius 1 is 1.38 bits per heavy atom. The molecule has 1 amide bonds. The average molecular weight is 416 g/mol. The second-order valence-corrected chi connectivity index (χ2v) is 8.98. The molecule has 1 N–H and O–H groups in total. The molecular formula is C22H29N3O3S. The molecule has 4 rings (SSSR count). The molecule has 29 heavy (non-hydrogen) atoms. The van der Waals surface area contributed by atoms with E-state index in [1.807, 2.05) is 26.0 Å². The van der Waals surface area contributed by atoms with Crippen molar-refractivity contribution in [2.45, 2.75) is 52.7 Å². The maximum atomic E-state index is 12.9. The first-order valence-corrected chi connectivity index (χ1v) is 11.3. The van der Waals surface area contributed by atoms with Gasteiger partial charge in [-0.25, -0.2) is 4.98 Å². The predicted octanol–water partition coefficient (Wildman–Crippen LogP) is 4.02. The third-order valence-electron chi connectivity index (χ3n) is 5.57. The molecule has 3 heterocycles. The van der Waals surface area contributed by atoms with E-state index in [9.17, 15) is 4.79 Å². The smallest absolute Gasteiger partial charge is 0.227 e. The van der Waals surface area contributed by atoms with E-state index in [0.717, 1.165) is 66.7 Å². The maximum absolute atomic E-state index is 12.9. The van der Waals surface area contributed by atoms with Gasteiger partial charge in [-0.05, 0) is 52.8 Å². The Labute approximate surface area is 176 Å². The topological polar surface area (TPSA) is 63.7 Å². The molecule has 1 unspecified atom stereocenters. The number of likely N-dealkylation sites (tertiary alicyclic amines) is 1. The molecule has 0 saturated carbocycles. The summed E-state index contributed by atoms with van der Waals surface area (Å²) in [6.45, 7) is 9.30. The van der Waals surface area contributed by atoms with Crippen LogP contribution in [-0.2, 0) is 17.8 Å². The lowest BCUT2D eigenvalue weighted by atomic mass is 9.95. The second kappa shape index (κ2) is 8.71. The minimum absolute atomic E-state index is 0.0194. The number of hydrogen-bond acceptors (Lipinski definition) is 6. The third-order valence-corrected chi connectivity index (χ3v) is 6.39. The number of carbonyl (C=O) groups excluding carboxylic acids is 1. The van der Waals surface area contributed by atoms with Crippen LogP contribution < -0.4 is 14.8 Å². The van der Waals surface area contributed by atoms with E-state index < -0.39 is 0 Å². The van der Waals surface area contributed by atoms with E-state index >= 15 is 0 Å². The van der Waals surface area contributed by atoms with Gasteiger partial charge in [-0.15, -0.1) is 11.3 Å². The van der Waals surface area contributed by atoms with E-state index in [-0.39, 0.29) is 17.9 Å². The molecule has 0 aliphatic carbocycles. The molecule has 1 atom stereocenters. The quantitative estimate of drug-likeness (QED) is 0.772. The molecule has 1 aromatic heterocycles. The van der Waals surface area contributed by atoms with Gasteiger partial charge in [0.15, 0.2) is 0 Å². The number of nitrogens with one attached hydrogen (secondary N) is 1. The van der Waals surface area contributed by atoms with Gasteiger partial charge in [0.05, 0.1) is 23.0 Å². The molecule has 2 aliphatic rings. The summed E-state index contributed by atoms with van der Waals surface area (Å²) < 4.78 is 11.6. The summed E-state index contributed by atoms with van der Waals surface area (Å²) in [5, 5.41) is 6.33. The number of anilines is 1. The molecule has 156 valence electrons. The van der Waals surface area contributed by atoms with E-state index in [4.69, 9.17) is 9.47 Å². The first kappa shape index (κ1) is 20.2. The lowest BCUT2D eigenvalue weighted by molar-refractivity contribution is -0.121. The number of thiazole rings is 1. The Morgan fingerprint density at radius 3 is 2.86 bits per heavy atom. The molecule has 6 nitrogen and oxygen atoms in total. The summed E-state index contributed by atoms with van der Waals surface area (Å²) in [7, 11) is 0. The van der Waals surface area contributed by atoms with Crippen LogP contribution in [0, 0.1) is 12.8 Å². The van der Waals surface area contributed by atoms with Gasteiger partial charge in [-0.1, -0.05) is 0 Å². The number of hydrogen-bond donors (Lipinski definition) is 1. The Kier molecular flexibility index (Phi) is 6.06. The summed E-state index contributed by atoms with van der Waals surface area (Å²) in [6, 6.07) is 3.93. The lowest BCUT2D eigenvalue weighted by Crippen LogP contribution is -2.37. The Bertz CT molecular complexity index is 874. The van der Waals surface area contributed by atoms with Gasteiger partial charge in [-0.3, -0.25) is 9.69 Å². The van der Waals surface area contributed by atoms with Crippen LogP contribution in [0.4, 0.5) is 5.69 Å². The number of fused-ring (bicyclic) bond motifs is 1. The van der Waals surface area contributed by atoms with Gasteiger partial charge in [0.1, 0.15) is 17.6 Å². The average Bonchev–Trinajstić information content (AvgIpc) is 3.26. The van der Waals surface area contributed by atoms with Crippen LogP contribution in [0.25, 0.3) is 0 Å². The minimum Gasteiger partial charge on any atom is -0.492 e. The summed E-state index contributed by atoms with van der Waals surface area (Å²) in [5.41, 5.74) is 2.98. The van der Waals surface area contributed by atoms with Crippen molar-refractivity contribution in [2.75, 3.05) is 25.0 Å². The van der Waals surface area contributed by atoms with Crippen molar-refractivity contribution in [3.05, 3.63) is 33.8 Å². The highest BCUT2D eigenvalue weighted by Crippen LogP contribution is 2.38. The third kappa shape index (κ3) is 4.73. The van der Waals surface area contributed by atoms with Crippen molar-refractivity contribution >= 4 is 22.9 Å². The summed E-state index contributed by atoms with van der Waals surface area (Å²) in [6.07, 6.45) is 2.76. The van der Waals surface area contributed by atoms with Gasteiger partial charge < -0.3 is 14.8 Å². The lowest BCUT2D eigenvalue weighted by Gasteiger charge is -2.30. The molecule has 1 aromatic carbocycles. The molecule has 2 aliphatic heterocycles. The number of benzene rings is 1. The molecule has 0 spiro atoms. The fraction of sp³-hybridized carbons (Fsp3) is 0.545. The second-order valence-electron chi connectivity index (χ2n) is 7.92. The highest BCUT2D eigenvalue weighted by molar-refractivity contribution is 7.09. The van der Waals surface area contributed by atoms with Gasteiger partial charge in [0.25, 0.3) is 0 Å². The van der Waals surface area contributed by atoms with E-state index in [1.165, 1.54) is 0 Å². The van der Waals surface area contributed by atoms with Gasteiger partial charge in [-0.2, -0.15) is 0 Å². The van der Waals surface area contributed by atoms with Crippen molar-refractivity contribution in [1.29, 1.82) is 0 Å². The van der Waals surface area contributed by atoms with Crippen LogP contribution in [0.15, 0.2) is 17.5 Å². The molecule has 0 bridgehead atoms. The number of nitrogens with zero attached hydrogens (tertiary/aromatic N) is 2. The summed E-state index contributed by atoms with van der Waals surface area (Å²) in [5.74, 6) is 1.67. The fourth-order valence-corrected chi connectivity index (χ4v) is 4.71. The monoisotopic (exact) mass is 415 g/mol. The van der Waals surface area contributed by atoms with Gasteiger partial charge in [0.2, 0.25) is 5.91 Å². The van der Waals surface area contributed by atoms with Gasteiger partial charge in [0, 0.05) is 35.9 Å². The zero-order chi connectivity index (χ0) is 20.4. The van der Waals surface area contributed by atoms with E-state index in [0.29, 0.717) is 12.3 Å². The number of aryl methyl sites for hydroxylation is 1. The highest BCUT2D eigenvalue weighted by Gasteiger charge is 2.27. The SMILES string of the molecule is CCOc1cc2c(cc1NC(=O)C1CCN(Cc3csc(C)n3)CC1)OC(C)C2. The van der Waals surface area contributed by atoms with Crippen molar-refractivity contribution in [2.24, 2.45) is 5.92 Å². The largest absolute Gasteiger partial charge is 0.492 e. The van der Waals surface area contributed by atoms with Crippen molar-refractivity contribution in [1.82, 2.24) is 9.88 Å². The van der Waals surface area contributed by atoms with Crippen molar-refractivity contribution < 1.29 is 14.3 Å². The van der Waals surface area contributed by atoms with Crippen LogP contribution in [0.1, 0.15) is 43.0 Å². The zero-order valence-electron chi connectivity index (χ0n) is 17.4. The predicted molar refractivity (Wildman–Crippen MR) is 115 cm³/mol. The van der Waals surface area contributed by atoms with Crippen molar-refractivity contribution in [3.8, 4) is 11.5 Å². The zero-order valence-corrected chi connectivity index (χ0v) is 18.2. The van der Waals surface area contributed by atoms with E-state index in [2.05, 4.69) is 27.5 Å². The first-order chi connectivity index (χ1) is 14.0. The van der Waals surface area contributed by atoms with Crippen LogP contribution >= 0.6 is 11.3 Å². The fourth-order valence-electron chi connectivity index (χ4n) is 4.11. The minimum atomic E-state index is 0.0194. The Morgan fingerprint density at radius 2 is 2.17 bits per heavy atom. The Hall–Kier alpha value is -2.12. The molecular weight excluding hydrogens is 386 g/mol. The molecule has 2 aromatic rings. The summed E-state index contributed by atoms with van der Waals surface area (Å²) >= 11 is 1.69. The number of piperidine rings is 1. The normalized spacial score (nSPS) is 19.6. The maximum Gasteiger partial charge on any atom is 0.227 e. The summed E-state index contributed by atoms with van der Waals surface area (Å²) in [4.78, 5) is 19.9.